The van der Waals surface area contributed by atoms with E-state index in [2.05, 4.69) is 21.7 Å². The summed E-state index contributed by atoms with van der Waals surface area (Å²) >= 11 is 0. The van der Waals surface area contributed by atoms with E-state index in [4.69, 9.17) is 4.74 Å². The molecule has 0 aromatic carbocycles. The van der Waals surface area contributed by atoms with E-state index < -0.39 is 18.1 Å². The molecule has 10 heteroatoms. The number of hydrogen-bond acceptors (Lipinski definition) is 6. The van der Waals surface area contributed by atoms with Gasteiger partial charge in [-0.25, -0.2) is 4.79 Å². The minimum absolute atomic E-state index is 0.0265. The van der Waals surface area contributed by atoms with Gasteiger partial charge in [-0.1, -0.05) is 6.42 Å². The Morgan fingerprint density at radius 1 is 1.32 bits per heavy atom. The third-order valence-corrected chi connectivity index (χ3v) is 7.32. The molecular formula is C24H31N5O5. The topological polar surface area (TPSA) is 144 Å². The molecule has 0 bridgehead atoms. The molecule has 3 heterocycles. The van der Waals surface area contributed by atoms with Gasteiger partial charge in [0.25, 0.3) is 5.91 Å². The molecule has 3 amide bonds. The van der Waals surface area contributed by atoms with Crippen LogP contribution in [-0.4, -0.2) is 65.4 Å². The van der Waals surface area contributed by atoms with Crippen molar-refractivity contribution in [3.8, 4) is 6.07 Å². The largest absolute Gasteiger partial charge is 0.462 e. The predicted molar refractivity (Wildman–Crippen MR) is 120 cm³/mol. The van der Waals surface area contributed by atoms with Gasteiger partial charge in [0.1, 0.15) is 17.8 Å². The molecule has 10 nitrogen and oxygen atoms in total. The number of fused-ring (bicyclic) bond motifs is 1. The number of ether oxygens (including phenoxy) is 1. The molecule has 1 saturated carbocycles. The lowest BCUT2D eigenvalue weighted by atomic mass is 9.92. The lowest BCUT2D eigenvalue weighted by Crippen LogP contribution is -2.51. The third kappa shape index (κ3) is 4.52. The van der Waals surface area contributed by atoms with Crippen molar-refractivity contribution in [1.82, 2.24) is 20.5 Å². The van der Waals surface area contributed by atoms with E-state index in [9.17, 15) is 24.4 Å². The van der Waals surface area contributed by atoms with Crippen LogP contribution in [0.25, 0.3) is 0 Å². The van der Waals surface area contributed by atoms with Gasteiger partial charge in [-0.2, -0.15) is 5.26 Å². The fourth-order valence-electron chi connectivity index (χ4n) is 5.65. The molecule has 1 aliphatic carbocycles. The molecule has 3 fully saturated rings. The van der Waals surface area contributed by atoms with Gasteiger partial charge in [0, 0.05) is 24.7 Å². The zero-order chi connectivity index (χ0) is 24.4. The summed E-state index contributed by atoms with van der Waals surface area (Å²) in [6.07, 6.45) is 3.68. The van der Waals surface area contributed by atoms with Gasteiger partial charge in [-0.3, -0.25) is 14.4 Å². The minimum Gasteiger partial charge on any atom is -0.462 e. The number of amides is 3. The van der Waals surface area contributed by atoms with Crippen LogP contribution < -0.4 is 10.6 Å². The van der Waals surface area contributed by atoms with E-state index in [1.54, 1.807) is 18.7 Å². The van der Waals surface area contributed by atoms with Crippen molar-refractivity contribution in [3.63, 3.8) is 0 Å². The monoisotopic (exact) mass is 469 g/mol. The molecule has 0 radical (unpaired) electrons. The lowest BCUT2D eigenvalue weighted by Gasteiger charge is -2.28. The predicted octanol–water partition coefficient (Wildman–Crippen LogP) is 1.28. The van der Waals surface area contributed by atoms with Crippen molar-refractivity contribution in [1.29, 1.82) is 5.26 Å². The second kappa shape index (κ2) is 9.87. The number of rotatable bonds is 7. The number of carbonyl (C=O) groups is 4. The van der Waals surface area contributed by atoms with Gasteiger partial charge in [0.2, 0.25) is 11.8 Å². The number of nitriles is 1. The van der Waals surface area contributed by atoms with Gasteiger partial charge in [0.05, 0.1) is 18.2 Å². The van der Waals surface area contributed by atoms with Crippen LogP contribution in [0.5, 0.6) is 0 Å². The second-order valence-corrected chi connectivity index (χ2v) is 9.40. The fraction of sp³-hybridized carbons (Fsp3) is 0.625. The fourth-order valence-corrected chi connectivity index (χ4v) is 5.65. The van der Waals surface area contributed by atoms with E-state index in [1.165, 1.54) is 6.07 Å². The lowest BCUT2D eigenvalue weighted by molar-refractivity contribution is -0.127. The van der Waals surface area contributed by atoms with Crippen LogP contribution in [0, 0.1) is 36.0 Å². The molecule has 4 rings (SSSR count). The molecule has 5 atom stereocenters. The molecule has 2 saturated heterocycles. The number of likely N-dealkylation sites (tertiary alicyclic amines) is 1. The summed E-state index contributed by atoms with van der Waals surface area (Å²) in [5.74, 6) is -1.36. The van der Waals surface area contributed by atoms with Crippen LogP contribution in [0.15, 0.2) is 6.07 Å². The van der Waals surface area contributed by atoms with Crippen LogP contribution in [-0.2, 0) is 14.3 Å². The number of H-pyrrole nitrogens is 1. The highest BCUT2D eigenvalue weighted by Crippen LogP contribution is 2.43. The van der Waals surface area contributed by atoms with Crippen molar-refractivity contribution < 1.29 is 23.9 Å². The Morgan fingerprint density at radius 3 is 2.79 bits per heavy atom. The van der Waals surface area contributed by atoms with Crippen LogP contribution in [0.2, 0.25) is 0 Å². The number of nitrogens with zero attached hydrogens (tertiary/aromatic N) is 2. The van der Waals surface area contributed by atoms with Gasteiger partial charge < -0.3 is 25.3 Å². The zero-order valence-corrected chi connectivity index (χ0v) is 19.6. The van der Waals surface area contributed by atoms with Crippen LogP contribution >= 0.6 is 0 Å². The highest BCUT2D eigenvalue weighted by molar-refractivity contribution is 6.00. The molecule has 2 aliphatic heterocycles. The summed E-state index contributed by atoms with van der Waals surface area (Å²) in [6.45, 7) is 4.67. The first-order valence-corrected chi connectivity index (χ1v) is 12.0. The number of esters is 1. The first kappa shape index (κ1) is 23.8. The third-order valence-electron chi connectivity index (χ3n) is 7.32. The van der Waals surface area contributed by atoms with Crippen molar-refractivity contribution in [2.75, 3.05) is 19.7 Å². The average molecular weight is 470 g/mol. The molecule has 3 aliphatic rings. The number of aryl methyl sites for hydroxylation is 1. The standard InChI is InChI=1S/C24H31N5O5/c1-3-34-24(33)18-10-19(27-13(18)2)23(32)29-12-15-5-4-6-17(15)20(29)22(31)28-16(11-25)9-14-7-8-26-21(14)30/h10,14-17,20,27H,3-9,12H2,1-2H3,(H,26,30)(H,28,31)/t14-,15-,16?,17-,20-/m0/s1. The Balaban J connectivity index is 1.52. The van der Waals surface area contributed by atoms with E-state index >= 15 is 0 Å². The Kier molecular flexibility index (Phi) is 6.91. The minimum atomic E-state index is -0.804. The number of aromatic nitrogens is 1. The van der Waals surface area contributed by atoms with Gasteiger partial charge in [-0.05, 0) is 57.4 Å². The summed E-state index contributed by atoms with van der Waals surface area (Å²) in [7, 11) is 0. The van der Waals surface area contributed by atoms with Crippen LogP contribution in [0.4, 0.5) is 0 Å². The highest BCUT2D eigenvalue weighted by Gasteiger charge is 2.50. The van der Waals surface area contributed by atoms with E-state index in [0.29, 0.717) is 30.8 Å². The molecule has 0 spiro atoms. The normalized spacial score (nSPS) is 26.5. The van der Waals surface area contributed by atoms with E-state index in [0.717, 1.165) is 19.3 Å². The molecule has 1 aromatic heterocycles. The maximum atomic E-state index is 13.5. The first-order chi connectivity index (χ1) is 16.3. The van der Waals surface area contributed by atoms with Gasteiger partial charge >= 0.3 is 5.97 Å². The molecule has 1 aromatic rings. The van der Waals surface area contributed by atoms with Crippen LogP contribution in [0.1, 0.15) is 65.6 Å². The maximum Gasteiger partial charge on any atom is 0.339 e. The number of carbonyl (C=O) groups excluding carboxylic acids is 4. The number of aromatic amines is 1. The molecule has 3 N–H and O–H groups in total. The molecule has 1 unspecified atom stereocenters. The second-order valence-electron chi connectivity index (χ2n) is 9.40. The summed E-state index contributed by atoms with van der Waals surface area (Å²) in [5.41, 5.74) is 1.06. The highest BCUT2D eigenvalue weighted by atomic mass is 16.5. The number of hydrogen-bond donors (Lipinski definition) is 3. The zero-order valence-electron chi connectivity index (χ0n) is 19.6. The summed E-state index contributed by atoms with van der Waals surface area (Å²) in [5, 5.41) is 15.2. The van der Waals surface area contributed by atoms with Crippen molar-refractivity contribution in [2.24, 2.45) is 17.8 Å². The van der Waals surface area contributed by atoms with Crippen molar-refractivity contribution in [3.05, 3.63) is 23.0 Å². The summed E-state index contributed by atoms with van der Waals surface area (Å²) in [4.78, 5) is 55.5. The van der Waals surface area contributed by atoms with Crippen molar-refractivity contribution >= 4 is 23.7 Å². The smallest absolute Gasteiger partial charge is 0.339 e. The first-order valence-electron chi connectivity index (χ1n) is 12.0. The Labute approximate surface area is 198 Å². The summed E-state index contributed by atoms with van der Waals surface area (Å²) < 4.78 is 5.06. The molecule has 182 valence electrons. The Morgan fingerprint density at radius 2 is 2.12 bits per heavy atom. The molecular weight excluding hydrogens is 438 g/mol. The van der Waals surface area contributed by atoms with E-state index in [1.807, 2.05) is 0 Å². The quantitative estimate of drug-likeness (QED) is 0.513. The van der Waals surface area contributed by atoms with Gasteiger partial charge in [0.15, 0.2) is 0 Å². The van der Waals surface area contributed by atoms with Gasteiger partial charge in [-0.15, -0.1) is 0 Å². The Bertz CT molecular complexity index is 1030. The average Bonchev–Trinajstić information content (AvgIpc) is 3.57. The maximum absolute atomic E-state index is 13.5. The van der Waals surface area contributed by atoms with E-state index in [-0.39, 0.29) is 54.2 Å². The Hall–Kier alpha value is -3.35. The number of nitrogens with one attached hydrogen (secondary N) is 3. The van der Waals surface area contributed by atoms with Crippen LogP contribution in [0.3, 0.4) is 0 Å². The molecule has 34 heavy (non-hydrogen) atoms. The van der Waals surface area contributed by atoms with Crippen molar-refractivity contribution in [2.45, 2.75) is 58.0 Å². The summed E-state index contributed by atoms with van der Waals surface area (Å²) in [6, 6.07) is 2.09. The SMILES string of the molecule is CCOC(=O)c1cc(C(=O)N2C[C@@H]3CCC[C@@H]3[C@H]2C(=O)NC(C#N)C[C@@H]2CCNC2=O)[nH]c1C.